The molecule has 70 valence electrons. The van der Waals surface area contributed by atoms with Crippen LogP contribution in [0.4, 0.5) is 4.39 Å². The van der Waals surface area contributed by atoms with Crippen molar-refractivity contribution in [3.8, 4) is 5.75 Å². The van der Waals surface area contributed by atoms with Gasteiger partial charge >= 0.3 is 0 Å². The first-order valence-electron chi connectivity index (χ1n) is 3.40. The number of oxime groups is 1. The van der Waals surface area contributed by atoms with E-state index in [0.717, 1.165) is 6.21 Å². The number of benzene rings is 1. The Kier molecular flexibility index (Phi) is 3.08. The van der Waals surface area contributed by atoms with Crippen LogP contribution in [-0.4, -0.2) is 18.5 Å². The monoisotopic (exact) mass is 203 g/mol. The molecular formula is C8H7ClFNO2. The van der Waals surface area contributed by atoms with Crippen LogP contribution in [0.25, 0.3) is 0 Å². The van der Waals surface area contributed by atoms with Crippen LogP contribution < -0.4 is 4.74 Å². The summed E-state index contributed by atoms with van der Waals surface area (Å²) in [4.78, 5) is 0. The second-order valence-electron chi connectivity index (χ2n) is 2.23. The van der Waals surface area contributed by atoms with Gasteiger partial charge in [-0.2, -0.15) is 0 Å². The van der Waals surface area contributed by atoms with Gasteiger partial charge < -0.3 is 9.94 Å². The summed E-state index contributed by atoms with van der Waals surface area (Å²) in [6.07, 6.45) is 0.966. The fourth-order valence-electron chi connectivity index (χ4n) is 0.897. The van der Waals surface area contributed by atoms with Gasteiger partial charge in [0, 0.05) is 5.56 Å². The van der Waals surface area contributed by atoms with Crippen molar-refractivity contribution in [2.24, 2.45) is 5.16 Å². The first-order valence-corrected chi connectivity index (χ1v) is 3.78. The summed E-state index contributed by atoms with van der Waals surface area (Å²) < 4.78 is 18.0. The molecule has 0 saturated carbocycles. The van der Waals surface area contributed by atoms with E-state index in [1.54, 1.807) is 0 Å². The highest BCUT2D eigenvalue weighted by atomic mass is 35.5. The summed E-state index contributed by atoms with van der Waals surface area (Å²) in [5, 5.41) is 11.1. The van der Waals surface area contributed by atoms with Crippen LogP contribution in [0.2, 0.25) is 5.02 Å². The van der Waals surface area contributed by atoms with Gasteiger partial charge in [-0.15, -0.1) is 0 Å². The van der Waals surface area contributed by atoms with Gasteiger partial charge in [-0.05, 0) is 12.1 Å². The van der Waals surface area contributed by atoms with E-state index >= 15 is 0 Å². The largest absolute Gasteiger partial charge is 0.492 e. The van der Waals surface area contributed by atoms with Gasteiger partial charge in [0.15, 0.2) is 11.6 Å². The van der Waals surface area contributed by atoms with Gasteiger partial charge in [0.05, 0.1) is 18.3 Å². The lowest BCUT2D eigenvalue weighted by Gasteiger charge is -2.05. The van der Waals surface area contributed by atoms with E-state index in [1.807, 2.05) is 0 Å². The molecule has 0 spiro atoms. The maximum absolute atomic E-state index is 13.3. The molecule has 0 bridgehead atoms. The summed E-state index contributed by atoms with van der Waals surface area (Å²) in [6, 6.07) is 2.85. The second-order valence-corrected chi connectivity index (χ2v) is 2.64. The molecule has 1 N–H and O–H groups in total. The zero-order valence-corrected chi connectivity index (χ0v) is 7.55. The maximum atomic E-state index is 13.3. The standard InChI is InChI=1S/C8H7ClFNO2/c1-13-8-6(9)3-2-5(4-11-12)7(8)10/h2-4,12H,1H3/b11-4+. The number of ether oxygens (including phenoxy) is 1. The molecule has 3 nitrogen and oxygen atoms in total. The van der Waals surface area contributed by atoms with E-state index in [2.05, 4.69) is 5.16 Å². The van der Waals surface area contributed by atoms with Crippen LogP contribution in [0.15, 0.2) is 17.3 Å². The number of methoxy groups -OCH3 is 1. The minimum Gasteiger partial charge on any atom is -0.492 e. The van der Waals surface area contributed by atoms with E-state index in [9.17, 15) is 4.39 Å². The van der Waals surface area contributed by atoms with Crippen LogP contribution in [-0.2, 0) is 0 Å². The van der Waals surface area contributed by atoms with E-state index in [0.29, 0.717) is 0 Å². The van der Waals surface area contributed by atoms with Gasteiger partial charge in [0.1, 0.15) is 0 Å². The molecule has 0 aliphatic rings. The van der Waals surface area contributed by atoms with Crippen molar-refractivity contribution in [3.63, 3.8) is 0 Å². The van der Waals surface area contributed by atoms with Crippen molar-refractivity contribution < 1.29 is 14.3 Å². The maximum Gasteiger partial charge on any atom is 0.175 e. The van der Waals surface area contributed by atoms with Crippen molar-refractivity contribution in [1.29, 1.82) is 0 Å². The summed E-state index contributed by atoms with van der Waals surface area (Å²) in [6.45, 7) is 0. The number of hydrogen-bond acceptors (Lipinski definition) is 3. The highest BCUT2D eigenvalue weighted by Gasteiger charge is 2.11. The van der Waals surface area contributed by atoms with Gasteiger partial charge in [-0.25, -0.2) is 4.39 Å². The molecule has 0 heterocycles. The molecule has 0 amide bonds. The topological polar surface area (TPSA) is 41.8 Å². The first-order chi connectivity index (χ1) is 6.20. The highest BCUT2D eigenvalue weighted by Crippen LogP contribution is 2.28. The van der Waals surface area contributed by atoms with Crippen molar-refractivity contribution in [2.75, 3.05) is 7.11 Å². The Labute approximate surface area is 79.4 Å². The molecule has 0 aromatic heterocycles. The van der Waals surface area contributed by atoms with Gasteiger partial charge in [-0.3, -0.25) is 0 Å². The van der Waals surface area contributed by atoms with Crippen molar-refractivity contribution in [1.82, 2.24) is 0 Å². The SMILES string of the molecule is COc1c(Cl)ccc(/C=N/O)c1F. The Morgan fingerprint density at radius 2 is 2.31 bits per heavy atom. The van der Waals surface area contributed by atoms with Crippen LogP contribution in [0, 0.1) is 5.82 Å². The molecular weight excluding hydrogens is 197 g/mol. The molecule has 0 unspecified atom stereocenters. The lowest BCUT2D eigenvalue weighted by Crippen LogP contribution is -1.94. The minimum atomic E-state index is -0.646. The Hall–Kier alpha value is -1.29. The van der Waals surface area contributed by atoms with Crippen LogP contribution in [0.1, 0.15) is 5.56 Å². The lowest BCUT2D eigenvalue weighted by molar-refractivity contribution is 0.321. The molecule has 13 heavy (non-hydrogen) atoms. The smallest absolute Gasteiger partial charge is 0.175 e. The molecule has 0 atom stereocenters. The van der Waals surface area contributed by atoms with E-state index in [1.165, 1.54) is 19.2 Å². The molecule has 0 aliphatic heterocycles. The number of nitrogens with zero attached hydrogens (tertiary/aromatic N) is 1. The number of hydrogen-bond donors (Lipinski definition) is 1. The highest BCUT2D eigenvalue weighted by molar-refractivity contribution is 6.32. The first kappa shape index (κ1) is 9.80. The van der Waals surface area contributed by atoms with Crippen LogP contribution in [0.5, 0.6) is 5.75 Å². The van der Waals surface area contributed by atoms with Gasteiger partial charge in [-0.1, -0.05) is 16.8 Å². The molecule has 0 radical (unpaired) electrons. The van der Waals surface area contributed by atoms with Crippen LogP contribution >= 0.6 is 11.6 Å². The molecule has 0 saturated heterocycles. The lowest BCUT2D eigenvalue weighted by atomic mass is 10.2. The molecule has 5 heteroatoms. The summed E-state index contributed by atoms with van der Waals surface area (Å²) in [5.74, 6) is -0.702. The Balaban J connectivity index is 3.27. The average Bonchev–Trinajstić information content (AvgIpc) is 2.11. The summed E-state index contributed by atoms with van der Waals surface area (Å²) >= 11 is 5.63. The van der Waals surface area contributed by atoms with Gasteiger partial charge in [0.2, 0.25) is 0 Å². The average molecular weight is 204 g/mol. The third-order valence-electron chi connectivity index (χ3n) is 1.48. The normalized spacial score (nSPS) is 10.7. The van der Waals surface area contributed by atoms with E-state index < -0.39 is 5.82 Å². The number of halogens is 2. The minimum absolute atomic E-state index is 0.0564. The molecule has 1 aromatic rings. The molecule has 1 rings (SSSR count). The molecule has 0 fully saturated rings. The zero-order chi connectivity index (χ0) is 9.84. The zero-order valence-electron chi connectivity index (χ0n) is 6.79. The Morgan fingerprint density at radius 1 is 1.62 bits per heavy atom. The van der Waals surface area contributed by atoms with E-state index in [-0.39, 0.29) is 16.3 Å². The number of rotatable bonds is 2. The summed E-state index contributed by atoms with van der Waals surface area (Å²) in [7, 11) is 1.31. The fourth-order valence-corrected chi connectivity index (χ4v) is 1.12. The fraction of sp³-hybridized carbons (Fsp3) is 0.125. The summed E-state index contributed by atoms with van der Waals surface area (Å²) in [5.41, 5.74) is 0.115. The molecule has 1 aromatic carbocycles. The van der Waals surface area contributed by atoms with Crippen molar-refractivity contribution >= 4 is 17.8 Å². The Bertz CT molecular complexity index is 341. The second kappa shape index (κ2) is 4.09. The van der Waals surface area contributed by atoms with Crippen molar-refractivity contribution in [3.05, 3.63) is 28.5 Å². The predicted molar refractivity (Wildman–Crippen MR) is 47.3 cm³/mol. The third kappa shape index (κ3) is 1.89. The van der Waals surface area contributed by atoms with Crippen LogP contribution in [0.3, 0.4) is 0 Å². The molecule has 0 aliphatic carbocycles. The Morgan fingerprint density at radius 3 is 2.85 bits per heavy atom. The van der Waals surface area contributed by atoms with Crippen molar-refractivity contribution in [2.45, 2.75) is 0 Å². The van der Waals surface area contributed by atoms with E-state index in [4.69, 9.17) is 21.5 Å². The quantitative estimate of drug-likeness (QED) is 0.455. The predicted octanol–water partition coefficient (Wildman–Crippen LogP) is 2.30. The van der Waals surface area contributed by atoms with Gasteiger partial charge in [0.25, 0.3) is 0 Å². The third-order valence-corrected chi connectivity index (χ3v) is 1.78.